The number of carboxylic acid groups (broad SMARTS) is 1. The van der Waals surface area contributed by atoms with E-state index >= 15 is 0 Å². The molecule has 1 heterocycles. The van der Waals surface area contributed by atoms with E-state index in [2.05, 4.69) is 11.6 Å². The van der Waals surface area contributed by atoms with Crippen LogP contribution >= 0.6 is 11.8 Å². The molecule has 1 fully saturated rings. The van der Waals surface area contributed by atoms with Crippen LogP contribution in [0.1, 0.15) is 21.5 Å². The summed E-state index contributed by atoms with van der Waals surface area (Å²) in [7, 11) is 0. The summed E-state index contributed by atoms with van der Waals surface area (Å²) in [5, 5.41) is 9.64. The molecule has 6 heteroatoms. The molecule has 0 bridgehead atoms. The van der Waals surface area contributed by atoms with Gasteiger partial charge in [0.05, 0.1) is 16.2 Å². The molecular formula is C21H18N2O3S. The van der Waals surface area contributed by atoms with Crippen molar-refractivity contribution in [3.63, 3.8) is 0 Å². The molecule has 1 aliphatic heterocycles. The smallest absolute Gasteiger partial charge is 0.335 e. The van der Waals surface area contributed by atoms with Gasteiger partial charge in [0, 0.05) is 6.54 Å². The lowest BCUT2D eigenvalue weighted by molar-refractivity contribution is -0.121. The average molecular weight is 378 g/mol. The SMILES string of the molecule is C=CCN1C(=O)/C(=C/c2ccccc2C)SC1=Nc1cccc(C(=O)O)c1. The zero-order valence-corrected chi connectivity index (χ0v) is 15.6. The molecule has 0 spiro atoms. The maximum absolute atomic E-state index is 12.8. The van der Waals surface area contributed by atoms with Crippen molar-refractivity contribution in [2.45, 2.75) is 6.92 Å². The summed E-state index contributed by atoms with van der Waals surface area (Å²) in [6, 6.07) is 14.2. The maximum atomic E-state index is 12.8. The summed E-state index contributed by atoms with van der Waals surface area (Å²) in [5.74, 6) is -1.16. The van der Waals surface area contributed by atoms with Crippen molar-refractivity contribution in [2.75, 3.05) is 6.54 Å². The number of carboxylic acids is 1. The van der Waals surface area contributed by atoms with Crippen LogP contribution in [0.4, 0.5) is 5.69 Å². The van der Waals surface area contributed by atoms with Crippen LogP contribution < -0.4 is 0 Å². The molecule has 27 heavy (non-hydrogen) atoms. The number of aryl methyl sites for hydroxylation is 1. The average Bonchev–Trinajstić information content (AvgIpc) is 2.93. The molecule has 2 aromatic carbocycles. The molecule has 1 saturated heterocycles. The number of hydrogen-bond donors (Lipinski definition) is 1. The minimum Gasteiger partial charge on any atom is -0.478 e. The Labute approximate surface area is 161 Å². The lowest BCUT2D eigenvalue weighted by Gasteiger charge is -2.12. The van der Waals surface area contributed by atoms with Gasteiger partial charge in [-0.2, -0.15) is 0 Å². The Morgan fingerprint density at radius 2 is 2.04 bits per heavy atom. The molecule has 1 N–H and O–H groups in total. The van der Waals surface area contributed by atoms with E-state index in [9.17, 15) is 9.59 Å². The summed E-state index contributed by atoms with van der Waals surface area (Å²) in [6.45, 7) is 6.02. The van der Waals surface area contributed by atoms with E-state index in [1.165, 1.54) is 28.8 Å². The number of nitrogens with zero attached hydrogens (tertiary/aromatic N) is 2. The molecule has 1 amide bonds. The summed E-state index contributed by atoms with van der Waals surface area (Å²) < 4.78 is 0. The zero-order chi connectivity index (χ0) is 19.4. The number of thioether (sulfide) groups is 1. The van der Waals surface area contributed by atoms with Crippen molar-refractivity contribution in [3.05, 3.63) is 82.8 Å². The predicted molar refractivity (Wildman–Crippen MR) is 109 cm³/mol. The molecule has 136 valence electrons. The molecule has 0 aromatic heterocycles. The van der Waals surface area contributed by atoms with Gasteiger partial charge in [0.25, 0.3) is 5.91 Å². The van der Waals surface area contributed by atoms with Crippen LogP contribution in [0.15, 0.2) is 71.1 Å². The highest BCUT2D eigenvalue weighted by molar-refractivity contribution is 8.18. The second-order valence-electron chi connectivity index (χ2n) is 5.92. The van der Waals surface area contributed by atoms with Gasteiger partial charge in [-0.05, 0) is 54.1 Å². The fourth-order valence-electron chi connectivity index (χ4n) is 2.59. The first-order chi connectivity index (χ1) is 13.0. The molecule has 0 saturated carbocycles. The Morgan fingerprint density at radius 1 is 1.26 bits per heavy atom. The first-order valence-corrected chi connectivity index (χ1v) is 9.11. The number of rotatable bonds is 5. The van der Waals surface area contributed by atoms with Crippen molar-refractivity contribution in [2.24, 2.45) is 4.99 Å². The Bertz CT molecular complexity index is 979. The number of carbonyl (C=O) groups excluding carboxylic acids is 1. The van der Waals surface area contributed by atoms with Crippen LogP contribution in [0.3, 0.4) is 0 Å². The first-order valence-electron chi connectivity index (χ1n) is 8.29. The minimum atomic E-state index is -1.02. The quantitative estimate of drug-likeness (QED) is 0.615. The third kappa shape index (κ3) is 4.17. The van der Waals surface area contributed by atoms with Crippen molar-refractivity contribution in [1.29, 1.82) is 0 Å². The number of carbonyl (C=O) groups is 2. The molecule has 0 radical (unpaired) electrons. The van der Waals surface area contributed by atoms with Gasteiger partial charge >= 0.3 is 5.97 Å². The summed E-state index contributed by atoms with van der Waals surface area (Å²) in [4.78, 5) is 30.6. The number of amidine groups is 1. The molecule has 3 rings (SSSR count). The van der Waals surface area contributed by atoms with E-state index in [1.54, 1.807) is 18.2 Å². The third-order valence-electron chi connectivity index (χ3n) is 3.99. The van der Waals surface area contributed by atoms with Crippen molar-refractivity contribution in [1.82, 2.24) is 4.90 Å². The first kappa shape index (κ1) is 18.7. The normalized spacial score (nSPS) is 16.9. The molecule has 5 nitrogen and oxygen atoms in total. The van der Waals surface area contributed by atoms with Gasteiger partial charge in [0.1, 0.15) is 0 Å². The molecule has 1 aliphatic rings. The van der Waals surface area contributed by atoms with Gasteiger partial charge in [-0.3, -0.25) is 9.69 Å². The third-order valence-corrected chi connectivity index (χ3v) is 5.00. The van der Waals surface area contributed by atoms with E-state index in [0.717, 1.165) is 11.1 Å². The van der Waals surface area contributed by atoms with E-state index in [-0.39, 0.29) is 11.5 Å². The van der Waals surface area contributed by atoms with E-state index < -0.39 is 5.97 Å². The number of hydrogen-bond acceptors (Lipinski definition) is 4. The van der Waals surface area contributed by atoms with Crippen LogP contribution in [0.5, 0.6) is 0 Å². The highest BCUT2D eigenvalue weighted by Crippen LogP contribution is 2.34. The molecule has 2 aromatic rings. The largest absolute Gasteiger partial charge is 0.478 e. The lowest BCUT2D eigenvalue weighted by Crippen LogP contribution is -2.29. The number of benzene rings is 2. The van der Waals surface area contributed by atoms with Crippen LogP contribution in [-0.4, -0.2) is 33.6 Å². The van der Waals surface area contributed by atoms with Crippen LogP contribution in [0.25, 0.3) is 6.08 Å². The second-order valence-corrected chi connectivity index (χ2v) is 6.93. The Balaban J connectivity index is 1.98. The number of amides is 1. The molecule has 0 unspecified atom stereocenters. The molecule has 0 aliphatic carbocycles. The Hall–Kier alpha value is -3.12. The molecular weight excluding hydrogens is 360 g/mol. The van der Waals surface area contributed by atoms with Crippen molar-refractivity contribution < 1.29 is 14.7 Å². The van der Waals surface area contributed by atoms with Gasteiger partial charge in [-0.1, -0.05) is 36.4 Å². The van der Waals surface area contributed by atoms with E-state index in [1.807, 2.05) is 37.3 Å². The van der Waals surface area contributed by atoms with Gasteiger partial charge in [0.15, 0.2) is 5.17 Å². The number of aromatic carboxylic acids is 1. The molecule has 0 atom stereocenters. The van der Waals surface area contributed by atoms with Gasteiger partial charge < -0.3 is 5.11 Å². The van der Waals surface area contributed by atoms with E-state index in [0.29, 0.717) is 22.3 Å². The monoisotopic (exact) mass is 378 g/mol. The standard InChI is InChI=1S/C21H18N2O3S/c1-3-11-23-19(24)18(13-15-8-5-4-7-14(15)2)27-21(23)22-17-10-6-9-16(12-17)20(25)26/h3-10,12-13H,1,11H2,2H3,(H,25,26)/b18-13-,22-21?. The van der Waals surface area contributed by atoms with Crippen LogP contribution in [-0.2, 0) is 4.79 Å². The highest BCUT2D eigenvalue weighted by atomic mass is 32.2. The highest BCUT2D eigenvalue weighted by Gasteiger charge is 2.32. The maximum Gasteiger partial charge on any atom is 0.335 e. The summed E-state index contributed by atoms with van der Waals surface area (Å²) in [6.07, 6.45) is 3.49. The van der Waals surface area contributed by atoms with Gasteiger partial charge in [0.2, 0.25) is 0 Å². The summed E-state index contributed by atoms with van der Waals surface area (Å²) >= 11 is 1.27. The zero-order valence-electron chi connectivity index (χ0n) is 14.8. The van der Waals surface area contributed by atoms with Crippen molar-refractivity contribution in [3.8, 4) is 0 Å². The van der Waals surface area contributed by atoms with Crippen molar-refractivity contribution >= 4 is 40.6 Å². The van der Waals surface area contributed by atoms with Gasteiger partial charge in [-0.25, -0.2) is 9.79 Å². The topological polar surface area (TPSA) is 70.0 Å². The van der Waals surface area contributed by atoms with Gasteiger partial charge in [-0.15, -0.1) is 6.58 Å². The Morgan fingerprint density at radius 3 is 2.74 bits per heavy atom. The lowest BCUT2D eigenvalue weighted by atomic mass is 10.1. The fourth-order valence-corrected chi connectivity index (χ4v) is 3.59. The van der Waals surface area contributed by atoms with Crippen LogP contribution in [0.2, 0.25) is 0 Å². The van der Waals surface area contributed by atoms with Crippen LogP contribution in [0, 0.1) is 6.92 Å². The fraction of sp³-hybridized carbons (Fsp3) is 0.0952. The summed E-state index contributed by atoms with van der Waals surface area (Å²) in [5.41, 5.74) is 2.68. The second kappa shape index (κ2) is 8.05. The van der Waals surface area contributed by atoms with E-state index in [4.69, 9.17) is 5.11 Å². The number of aliphatic imine (C=N–C) groups is 1. The predicted octanol–water partition coefficient (Wildman–Crippen LogP) is 4.48. The Kier molecular flexibility index (Phi) is 5.57. The minimum absolute atomic E-state index is 0.142.